The van der Waals surface area contributed by atoms with Crippen LogP contribution < -0.4 is 10.6 Å². The SMILES string of the molecule is O=C(NCc1ccccn1)c1ccc(Nc2ccc(Cl)cc2Cl)nc1. The van der Waals surface area contributed by atoms with E-state index in [0.29, 0.717) is 33.7 Å². The molecule has 0 radical (unpaired) electrons. The molecule has 1 amide bonds. The first kappa shape index (κ1) is 17.2. The first-order valence-corrected chi connectivity index (χ1v) is 8.23. The van der Waals surface area contributed by atoms with E-state index in [9.17, 15) is 4.79 Å². The molecule has 0 fully saturated rings. The Kier molecular flexibility index (Phi) is 5.48. The zero-order chi connectivity index (χ0) is 17.6. The summed E-state index contributed by atoms with van der Waals surface area (Å²) in [5.41, 5.74) is 1.94. The first-order valence-electron chi connectivity index (χ1n) is 7.48. The van der Waals surface area contributed by atoms with Crippen molar-refractivity contribution < 1.29 is 4.79 Å². The summed E-state index contributed by atoms with van der Waals surface area (Å²) >= 11 is 12.0. The van der Waals surface area contributed by atoms with E-state index in [-0.39, 0.29) is 5.91 Å². The highest BCUT2D eigenvalue weighted by molar-refractivity contribution is 6.36. The molecular weight excluding hydrogens is 359 g/mol. The van der Waals surface area contributed by atoms with Crippen LogP contribution in [0.2, 0.25) is 10.0 Å². The minimum atomic E-state index is -0.214. The fourth-order valence-corrected chi connectivity index (χ4v) is 2.56. The maximum Gasteiger partial charge on any atom is 0.253 e. The molecular formula is C18H14Cl2N4O. The number of nitrogens with one attached hydrogen (secondary N) is 2. The molecule has 0 bridgehead atoms. The van der Waals surface area contributed by atoms with E-state index < -0.39 is 0 Å². The summed E-state index contributed by atoms with van der Waals surface area (Å²) in [6.45, 7) is 0.361. The maximum absolute atomic E-state index is 12.1. The average molecular weight is 373 g/mol. The smallest absolute Gasteiger partial charge is 0.253 e. The van der Waals surface area contributed by atoms with Gasteiger partial charge in [-0.3, -0.25) is 9.78 Å². The molecule has 0 unspecified atom stereocenters. The van der Waals surface area contributed by atoms with Crippen molar-refractivity contribution in [2.45, 2.75) is 6.54 Å². The van der Waals surface area contributed by atoms with Crippen LogP contribution in [0, 0.1) is 0 Å². The van der Waals surface area contributed by atoms with E-state index in [1.54, 1.807) is 36.5 Å². The summed E-state index contributed by atoms with van der Waals surface area (Å²) in [6.07, 6.45) is 3.19. The highest BCUT2D eigenvalue weighted by Gasteiger charge is 2.07. The lowest BCUT2D eigenvalue weighted by Gasteiger charge is -2.09. The van der Waals surface area contributed by atoms with Gasteiger partial charge < -0.3 is 10.6 Å². The van der Waals surface area contributed by atoms with Crippen LogP contribution in [0.15, 0.2) is 60.9 Å². The molecule has 25 heavy (non-hydrogen) atoms. The van der Waals surface area contributed by atoms with E-state index in [1.807, 2.05) is 18.2 Å². The topological polar surface area (TPSA) is 66.9 Å². The number of halogens is 2. The number of rotatable bonds is 5. The monoisotopic (exact) mass is 372 g/mol. The molecule has 5 nitrogen and oxygen atoms in total. The second-order valence-corrected chi connectivity index (χ2v) is 6.03. The Morgan fingerprint density at radius 3 is 2.60 bits per heavy atom. The molecule has 0 saturated heterocycles. The molecule has 0 atom stereocenters. The van der Waals surface area contributed by atoms with Gasteiger partial charge in [0.05, 0.1) is 28.5 Å². The molecule has 126 valence electrons. The van der Waals surface area contributed by atoms with Crippen LogP contribution in [-0.4, -0.2) is 15.9 Å². The van der Waals surface area contributed by atoms with E-state index >= 15 is 0 Å². The van der Waals surface area contributed by atoms with Crippen LogP contribution in [0.25, 0.3) is 0 Å². The molecule has 0 aliphatic rings. The van der Waals surface area contributed by atoms with Crippen LogP contribution in [0.4, 0.5) is 11.5 Å². The summed E-state index contributed by atoms with van der Waals surface area (Å²) in [6, 6.07) is 14.1. The zero-order valence-corrected chi connectivity index (χ0v) is 14.6. The van der Waals surface area contributed by atoms with E-state index in [4.69, 9.17) is 23.2 Å². The van der Waals surface area contributed by atoms with Crippen molar-refractivity contribution in [2.75, 3.05) is 5.32 Å². The Balaban J connectivity index is 1.62. The summed E-state index contributed by atoms with van der Waals surface area (Å²) in [7, 11) is 0. The molecule has 2 N–H and O–H groups in total. The van der Waals surface area contributed by atoms with E-state index in [2.05, 4.69) is 20.6 Å². The lowest BCUT2D eigenvalue weighted by molar-refractivity contribution is 0.0950. The Hall–Kier alpha value is -2.63. The van der Waals surface area contributed by atoms with Crippen LogP contribution >= 0.6 is 23.2 Å². The number of pyridine rings is 2. The summed E-state index contributed by atoms with van der Waals surface area (Å²) in [4.78, 5) is 20.5. The molecule has 1 aromatic carbocycles. The largest absolute Gasteiger partial charge is 0.346 e. The molecule has 3 rings (SSSR count). The van der Waals surface area contributed by atoms with Crippen molar-refractivity contribution in [1.82, 2.24) is 15.3 Å². The Labute approximate surface area is 155 Å². The zero-order valence-electron chi connectivity index (χ0n) is 13.0. The molecule has 3 aromatic rings. The number of anilines is 2. The predicted octanol–water partition coefficient (Wildman–Crippen LogP) is 4.46. The molecule has 7 heteroatoms. The Morgan fingerprint density at radius 2 is 1.92 bits per heavy atom. The molecule has 2 heterocycles. The minimum absolute atomic E-state index is 0.214. The Morgan fingerprint density at radius 1 is 1.04 bits per heavy atom. The van der Waals surface area contributed by atoms with Gasteiger partial charge in [0.25, 0.3) is 5.91 Å². The first-order chi connectivity index (χ1) is 12.1. The van der Waals surface area contributed by atoms with Gasteiger partial charge in [0.2, 0.25) is 0 Å². The fraction of sp³-hybridized carbons (Fsp3) is 0.0556. The van der Waals surface area contributed by atoms with Gasteiger partial charge in [-0.15, -0.1) is 0 Å². The van der Waals surface area contributed by atoms with Crippen molar-refractivity contribution >= 4 is 40.6 Å². The highest BCUT2D eigenvalue weighted by Crippen LogP contribution is 2.27. The Bertz CT molecular complexity index is 870. The third kappa shape index (κ3) is 4.68. The number of nitrogens with zero attached hydrogens (tertiary/aromatic N) is 2. The molecule has 0 aliphatic heterocycles. The quantitative estimate of drug-likeness (QED) is 0.693. The van der Waals surface area contributed by atoms with Crippen LogP contribution in [-0.2, 0) is 6.54 Å². The van der Waals surface area contributed by atoms with Crippen molar-refractivity contribution in [2.24, 2.45) is 0 Å². The number of aromatic nitrogens is 2. The minimum Gasteiger partial charge on any atom is -0.346 e. The lowest BCUT2D eigenvalue weighted by Crippen LogP contribution is -2.23. The molecule has 0 saturated carbocycles. The predicted molar refractivity (Wildman–Crippen MR) is 99.4 cm³/mol. The van der Waals surface area contributed by atoms with Gasteiger partial charge in [0, 0.05) is 17.4 Å². The van der Waals surface area contributed by atoms with Crippen LogP contribution in [0.3, 0.4) is 0 Å². The average Bonchev–Trinajstić information content (AvgIpc) is 2.63. The summed E-state index contributed by atoms with van der Waals surface area (Å²) < 4.78 is 0. The fourth-order valence-electron chi connectivity index (χ4n) is 2.11. The third-order valence-corrected chi connectivity index (χ3v) is 3.92. The number of hydrogen-bond acceptors (Lipinski definition) is 4. The highest BCUT2D eigenvalue weighted by atomic mass is 35.5. The van der Waals surface area contributed by atoms with E-state index in [0.717, 1.165) is 5.69 Å². The summed E-state index contributed by atoms with van der Waals surface area (Å²) in [5.74, 6) is 0.361. The second kappa shape index (κ2) is 7.96. The number of carbonyl (C=O) groups excluding carboxylic acids is 1. The second-order valence-electron chi connectivity index (χ2n) is 5.19. The standard InChI is InChI=1S/C18H14Cl2N4O/c19-13-5-6-16(15(20)9-13)24-17-7-4-12(10-22-17)18(25)23-11-14-3-1-2-8-21-14/h1-10H,11H2,(H,22,24)(H,23,25). The van der Waals surface area contributed by atoms with Gasteiger partial charge >= 0.3 is 0 Å². The van der Waals surface area contributed by atoms with Crippen LogP contribution in [0.1, 0.15) is 16.1 Å². The molecule has 2 aromatic heterocycles. The van der Waals surface area contributed by atoms with Gasteiger partial charge in [-0.1, -0.05) is 29.3 Å². The van der Waals surface area contributed by atoms with Crippen molar-refractivity contribution in [3.8, 4) is 0 Å². The maximum atomic E-state index is 12.1. The summed E-state index contributed by atoms with van der Waals surface area (Å²) in [5, 5.41) is 6.93. The van der Waals surface area contributed by atoms with E-state index in [1.165, 1.54) is 6.20 Å². The van der Waals surface area contributed by atoms with Gasteiger partial charge in [-0.05, 0) is 42.5 Å². The number of amides is 1. The molecule has 0 aliphatic carbocycles. The van der Waals surface area contributed by atoms with Gasteiger partial charge in [0.1, 0.15) is 5.82 Å². The normalized spacial score (nSPS) is 10.3. The van der Waals surface area contributed by atoms with Crippen LogP contribution in [0.5, 0.6) is 0 Å². The van der Waals surface area contributed by atoms with Gasteiger partial charge in [-0.25, -0.2) is 4.98 Å². The van der Waals surface area contributed by atoms with Crippen molar-refractivity contribution in [3.05, 3.63) is 82.2 Å². The number of benzene rings is 1. The lowest BCUT2D eigenvalue weighted by atomic mass is 10.2. The van der Waals surface area contributed by atoms with Crippen molar-refractivity contribution in [3.63, 3.8) is 0 Å². The third-order valence-electron chi connectivity index (χ3n) is 3.38. The van der Waals surface area contributed by atoms with Gasteiger partial charge in [-0.2, -0.15) is 0 Å². The number of hydrogen-bond donors (Lipinski definition) is 2. The van der Waals surface area contributed by atoms with Gasteiger partial charge in [0.15, 0.2) is 0 Å². The molecule has 0 spiro atoms. The number of carbonyl (C=O) groups is 1. The van der Waals surface area contributed by atoms with Crippen molar-refractivity contribution in [1.29, 1.82) is 0 Å².